The monoisotopic (exact) mass is 409 g/mol. The lowest BCUT2D eigenvalue weighted by atomic mass is 10.0. The van der Waals surface area contributed by atoms with Crippen LogP contribution in [0.3, 0.4) is 0 Å². The predicted octanol–water partition coefficient (Wildman–Crippen LogP) is 6.42. The van der Waals surface area contributed by atoms with E-state index < -0.39 is 0 Å². The second-order valence-electron chi connectivity index (χ2n) is 7.34. The molecule has 4 nitrogen and oxygen atoms in total. The summed E-state index contributed by atoms with van der Waals surface area (Å²) in [5.41, 5.74) is 5.66. The van der Waals surface area contributed by atoms with Gasteiger partial charge in [0.1, 0.15) is 25.2 Å². The number of rotatable bonds is 12. The van der Waals surface area contributed by atoms with Crippen LogP contribution in [-0.2, 0) is 11.3 Å². The minimum Gasteiger partial charge on any atom is -0.493 e. The summed E-state index contributed by atoms with van der Waals surface area (Å²) >= 11 is 0. The molecule has 0 heterocycles. The second kappa shape index (κ2) is 12.7. The van der Waals surface area contributed by atoms with E-state index in [2.05, 4.69) is 50.2 Å². The average Bonchev–Trinajstić information content (AvgIpc) is 2.74. The highest BCUT2D eigenvalue weighted by atomic mass is 16.6. The Bertz CT molecular complexity index is 815. The van der Waals surface area contributed by atoms with Gasteiger partial charge in [-0.25, -0.2) is 0 Å². The van der Waals surface area contributed by atoms with Gasteiger partial charge in [0.25, 0.3) is 0 Å². The molecule has 0 aliphatic carbocycles. The predicted molar refractivity (Wildman–Crippen MR) is 125 cm³/mol. The van der Waals surface area contributed by atoms with Crippen molar-refractivity contribution in [3.63, 3.8) is 0 Å². The maximum atomic E-state index is 6.08. The van der Waals surface area contributed by atoms with Crippen LogP contribution in [0.2, 0.25) is 0 Å². The van der Waals surface area contributed by atoms with Crippen LogP contribution in [0.1, 0.15) is 55.4 Å². The maximum absolute atomic E-state index is 6.08. The smallest absolute Gasteiger partial charge is 0.125 e. The Morgan fingerprint density at radius 1 is 1.00 bits per heavy atom. The number of ether oxygens (including phenoxy) is 2. The van der Waals surface area contributed by atoms with Crippen molar-refractivity contribution < 1.29 is 14.3 Å². The second-order valence-corrected chi connectivity index (χ2v) is 7.34. The summed E-state index contributed by atoms with van der Waals surface area (Å²) < 4.78 is 11.8. The summed E-state index contributed by atoms with van der Waals surface area (Å²) in [5, 5.41) is 4.09. The largest absolute Gasteiger partial charge is 0.493 e. The molecule has 0 aliphatic rings. The van der Waals surface area contributed by atoms with Crippen LogP contribution in [0, 0.1) is 13.8 Å². The van der Waals surface area contributed by atoms with Gasteiger partial charge in [0, 0.05) is 0 Å². The Kier molecular flexibility index (Phi) is 9.99. The molecule has 162 valence electrons. The molecule has 4 heteroatoms. The van der Waals surface area contributed by atoms with Gasteiger partial charge < -0.3 is 14.3 Å². The SMILES string of the molecule is C/C=C/COc1cc(C)c(OCCCCc2ccc(/C(CC)=N/OC)cc2)c(C)c1. The molecule has 2 aromatic rings. The zero-order chi connectivity index (χ0) is 21.8. The minimum atomic E-state index is 0.593. The molecule has 2 aromatic carbocycles. The molecule has 30 heavy (non-hydrogen) atoms. The summed E-state index contributed by atoms with van der Waals surface area (Å²) in [6, 6.07) is 12.7. The molecule has 0 saturated carbocycles. The van der Waals surface area contributed by atoms with Gasteiger partial charge in [-0.05, 0) is 80.8 Å². The highest BCUT2D eigenvalue weighted by Crippen LogP contribution is 2.28. The molecular formula is C26H35NO3. The Balaban J connectivity index is 1.79. The fourth-order valence-electron chi connectivity index (χ4n) is 3.36. The number of hydrogen-bond donors (Lipinski definition) is 0. The number of hydrogen-bond acceptors (Lipinski definition) is 4. The van der Waals surface area contributed by atoms with Crippen molar-refractivity contribution in [2.24, 2.45) is 5.16 Å². The van der Waals surface area contributed by atoms with E-state index in [4.69, 9.17) is 14.3 Å². The van der Waals surface area contributed by atoms with E-state index in [0.717, 1.165) is 66.2 Å². The Hall–Kier alpha value is -2.75. The molecule has 0 unspecified atom stereocenters. The van der Waals surface area contributed by atoms with Crippen LogP contribution < -0.4 is 9.47 Å². The molecule has 2 rings (SSSR count). The van der Waals surface area contributed by atoms with Crippen LogP contribution in [0.4, 0.5) is 0 Å². The molecule has 0 amide bonds. The van der Waals surface area contributed by atoms with E-state index in [0.29, 0.717) is 6.61 Å². The first-order chi connectivity index (χ1) is 14.6. The van der Waals surface area contributed by atoms with E-state index in [9.17, 15) is 0 Å². The fraction of sp³-hybridized carbons (Fsp3) is 0.423. The third kappa shape index (κ3) is 7.25. The van der Waals surface area contributed by atoms with Crippen molar-refractivity contribution >= 4 is 5.71 Å². The summed E-state index contributed by atoms with van der Waals surface area (Å²) in [6.07, 6.45) is 8.00. The molecule has 0 spiro atoms. The number of aryl methyl sites for hydroxylation is 3. The molecule has 0 aliphatic heterocycles. The lowest BCUT2D eigenvalue weighted by molar-refractivity contribution is 0.213. The topological polar surface area (TPSA) is 40.0 Å². The van der Waals surface area contributed by atoms with Crippen molar-refractivity contribution in [1.29, 1.82) is 0 Å². The molecule has 0 fully saturated rings. The standard InChI is InChI=1S/C26H35NO3/c1-6-8-16-29-24-18-20(3)26(21(4)19-24)30-17-10-9-11-22-12-14-23(15-13-22)25(7-2)27-28-5/h6,8,12-15,18-19H,7,9-11,16-17H2,1-5H3/b8-6+,27-25+. The van der Waals surface area contributed by atoms with Crippen LogP contribution >= 0.6 is 0 Å². The first-order valence-electron chi connectivity index (χ1n) is 10.8. The maximum Gasteiger partial charge on any atom is 0.125 e. The van der Waals surface area contributed by atoms with Crippen LogP contribution in [-0.4, -0.2) is 26.0 Å². The third-order valence-electron chi connectivity index (χ3n) is 4.95. The van der Waals surface area contributed by atoms with E-state index in [-0.39, 0.29) is 0 Å². The van der Waals surface area contributed by atoms with Gasteiger partial charge in [-0.2, -0.15) is 0 Å². The zero-order valence-corrected chi connectivity index (χ0v) is 19.0. The van der Waals surface area contributed by atoms with Gasteiger partial charge in [-0.15, -0.1) is 0 Å². The van der Waals surface area contributed by atoms with Crippen molar-refractivity contribution in [3.05, 3.63) is 70.8 Å². The minimum absolute atomic E-state index is 0.593. The third-order valence-corrected chi connectivity index (χ3v) is 4.95. The van der Waals surface area contributed by atoms with Gasteiger partial charge >= 0.3 is 0 Å². The lowest BCUT2D eigenvalue weighted by Gasteiger charge is -2.14. The van der Waals surface area contributed by atoms with Gasteiger partial charge in [-0.1, -0.05) is 48.5 Å². The Labute approximate surface area is 181 Å². The van der Waals surface area contributed by atoms with Gasteiger partial charge in [0.05, 0.1) is 12.3 Å². The summed E-state index contributed by atoms with van der Waals surface area (Å²) in [4.78, 5) is 4.92. The lowest BCUT2D eigenvalue weighted by Crippen LogP contribution is -2.03. The van der Waals surface area contributed by atoms with Crippen LogP contribution in [0.25, 0.3) is 0 Å². The van der Waals surface area contributed by atoms with Gasteiger partial charge in [0.2, 0.25) is 0 Å². The van der Waals surface area contributed by atoms with Crippen molar-refractivity contribution in [2.45, 2.75) is 53.4 Å². The number of nitrogens with zero attached hydrogens (tertiary/aromatic N) is 1. The summed E-state index contributed by atoms with van der Waals surface area (Å²) in [6.45, 7) is 9.54. The van der Waals surface area contributed by atoms with E-state index >= 15 is 0 Å². The molecule has 0 radical (unpaired) electrons. The number of benzene rings is 2. The van der Waals surface area contributed by atoms with Crippen molar-refractivity contribution in [1.82, 2.24) is 0 Å². The highest BCUT2D eigenvalue weighted by molar-refractivity contribution is 6.00. The fourth-order valence-corrected chi connectivity index (χ4v) is 3.36. The average molecular weight is 410 g/mol. The summed E-state index contributed by atoms with van der Waals surface area (Å²) in [7, 11) is 1.59. The van der Waals surface area contributed by atoms with E-state index in [1.165, 1.54) is 5.56 Å². The van der Waals surface area contributed by atoms with E-state index in [1.807, 2.05) is 31.2 Å². The highest BCUT2D eigenvalue weighted by Gasteiger charge is 2.07. The number of allylic oxidation sites excluding steroid dienone is 1. The quantitative estimate of drug-likeness (QED) is 0.176. The van der Waals surface area contributed by atoms with E-state index in [1.54, 1.807) is 7.11 Å². The molecule has 0 N–H and O–H groups in total. The molecule has 0 saturated heterocycles. The molecular weight excluding hydrogens is 374 g/mol. The van der Waals surface area contributed by atoms with Crippen LogP contribution in [0.15, 0.2) is 53.7 Å². The Morgan fingerprint density at radius 2 is 1.70 bits per heavy atom. The molecule has 0 bridgehead atoms. The molecule has 0 aromatic heterocycles. The normalized spacial score (nSPS) is 11.7. The Morgan fingerprint density at radius 3 is 2.30 bits per heavy atom. The van der Waals surface area contributed by atoms with Crippen molar-refractivity contribution in [2.75, 3.05) is 20.3 Å². The van der Waals surface area contributed by atoms with Crippen LogP contribution in [0.5, 0.6) is 11.5 Å². The zero-order valence-electron chi connectivity index (χ0n) is 19.0. The summed E-state index contributed by atoms with van der Waals surface area (Å²) in [5.74, 6) is 1.86. The first kappa shape index (κ1) is 23.5. The van der Waals surface area contributed by atoms with Gasteiger partial charge in [-0.3, -0.25) is 0 Å². The van der Waals surface area contributed by atoms with Gasteiger partial charge in [0.15, 0.2) is 0 Å². The van der Waals surface area contributed by atoms with Crippen molar-refractivity contribution in [3.8, 4) is 11.5 Å². The number of oxime groups is 1. The molecule has 0 atom stereocenters. The first-order valence-corrected chi connectivity index (χ1v) is 10.8. The number of unbranched alkanes of at least 4 members (excludes halogenated alkanes) is 1.